The molecule has 0 saturated carbocycles. The average molecular weight is 438 g/mol. The van der Waals surface area contributed by atoms with Crippen LogP contribution in [-0.2, 0) is 4.74 Å². The third kappa shape index (κ3) is 6.79. The van der Waals surface area contributed by atoms with Crippen LogP contribution in [0, 0.1) is 5.82 Å². The summed E-state index contributed by atoms with van der Waals surface area (Å²) in [6, 6.07) is 12.9. The van der Waals surface area contributed by atoms with E-state index in [1.807, 2.05) is 0 Å². The second-order valence-electron chi connectivity index (χ2n) is 7.43. The first-order chi connectivity index (χ1) is 15.7. The number of ether oxygens (including phenoxy) is 2. The maximum Gasteiger partial charge on any atom is 0.229 e. The monoisotopic (exact) mass is 439 g/mol. The van der Waals surface area contributed by atoms with Crippen LogP contribution >= 0.6 is 0 Å². The van der Waals surface area contributed by atoms with Crippen LogP contribution in [0.3, 0.4) is 0 Å². The van der Waals surface area contributed by atoms with Crippen molar-refractivity contribution in [1.29, 1.82) is 0 Å². The van der Waals surface area contributed by atoms with Gasteiger partial charge < -0.3 is 25.8 Å². The Labute approximate surface area is 206 Å². The van der Waals surface area contributed by atoms with Crippen molar-refractivity contribution >= 4 is 83.8 Å². The van der Waals surface area contributed by atoms with E-state index in [0.717, 1.165) is 6.20 Å². The molecule has 14 radical (unpaired) electrons. The molecule has 0 saturated heterocycles. The van der Waals surface area contributed by atoms with Crippen molar-refractivity contribution in [2.45, 2.75) is 16.1 Å². The molecule has 3 aromatic rings. The molecule has 154 valence electrons. The van der Waals surface area contributed by atoms with E-state index in [1.54, 1.807) is 36.4 Å². The molecule has 0 aliphatic carbocycles. The molecular formula is C19H13B7FN5O2. The van der Waals surface area contributed by atoms with E-state index < -0.39 is 21.9 Å². The van der Waals surface area contributed by atoms with E-state index in [-0.39, 0.29) is 17.5 Å². The molecule has 4 N–H and O–H groups in total. The molecule has 1 heterocycles. The number of anilines is 5. The first kappa shape index (κ1) is 25.7. The third-order valence-electron chi connectivity index (χ3n) is 4.25. The molecule has 0 spiro atoms. The fraction of sp³-hybridized carbons (Fsp3) is 0.158. The van der Waals surface area contributed by atoms with Crippen LogP contribution in [0.25, 0.3) is 0 Å². The first-order valence-electron chi connectivity index (χ1n) is 9.68. The number of benzene rings is 2. The maximum atomic E-state index is 14.2. The lowest BCUT2D eigenvalue weighted by atomic mass is 9.40. The average Bonchev–Trinajstić information content (AvgIpc) is 2.70. The lowest BCUT2D eigenvalue weighted by Gasteiger charge is -2.48. The zero-order chi connectivity index (χ0) is 25.1. The summed E-state index contributed by atoms with van der Waals surface area (Å²) in [5, 5.41) is -1.06. The molecule has 3 rings (SSSR count). The summed E-state index contributed by atoms with van der Waals surface area (Å²) in [5.74, 6) is -0.406. The van der Waals surface area contributed by atoms with Crippen LogP contribution in [0.2, 0.25) is 0 Å². The van der Waals surface area contributed by atoms with E-state index >= 15 is 0 Å². The van der Waals surface area contributed by atoms with Gasteiger partial charge in [0, 0.05) is 27.9 Å². The zero-order valence-corrected chi connectivity index (χ0v) is 17.9. The molecule has 2 aromatic carbocycles. The van der Waals surface area contributed by atoms with Gasteiger partial charge in [0.1, 0.15) is 37.1 Å². The van der Waals surface area contributed by atoms with Gasteiger partial charge in [0.2, 0.25) is 5.95 Å². The molecule has 34 heavy (non-hydrogen) atoms. The fourth-order valence-electron chi connectivity index (χ4n) is 2.65. The molecule has 7 nitrogen and oxygen atoms in total. The van der Waals surface area contributed by atoms with Crippen molar-refractivity contribution in [2.24, 2.45) is 0 Å². The summed E-state index contributed by atoms with van der Waals surface area (Å²) in [4.78, 5) is 8.06. The van der Waals surface area contributed by atoms with Crippen molar-refractivity contribution in [2.75, 3.05) is 16.4 Å². The summed E-state index contributed by atoms with van der Waals surface area (Å²) in [7, 11) is 39.1. The molecule has 0 aliphatic rings. The lowest BCUT2D eigenvalue weighted by Crippen LogP contribution is -2.65. The van der Waals surface area contributed by atoms with Crippen LogP contribution in [0.4, 0.5) is 33.2 Å². The minimum absolute atomic E-state index is 0.0443. The van der Waals surface area contributed by atoms with Gasteiger partial charge in [0.25, 0.3) is 0 Å². The molecule has 0 amide bonds. The number of halogens is 1. The van der Waals surface area contributed by atoms with Crippen molar-refractivity contribution < 1.29 is 13.9 Å². The Kier molecular flexibility index (Phi) is 7.36. The van der Waals surface area contributed by atoms with Crippen LogP contribution in [-0.4, -0.2) is 81.0 Å². The first-order valence-corrected chi connectivity index (χ1v) is 9.68. The summed E-state index contributed by atoms with van der Waals surface area (Å²) in [5.41, 5.74) is 7.35. The van der Waals surface area contributed by atoms with Crippen LogP contribution in [0.1, 0.15) is 0 Å². The second kappa shape index (κ2) is 9.74. The van der Waals surface area contributed by atoms with Gasteiger partial charge in [-0.25, -0.2) is 9.37 Å². The molecule has 0 atom stereocenters. The number of hydrogen-bond acceptors (Lipinski definition) is 7. The Morgan fingerprint density at radius 3 is 2.15 bits per heavy atom. The maximum absolute atomic E-state index is 14.2. The highest BCUT2D eigenvalue weighted by Gasteiger charge is 2.39. The van der Waals surface area contributed by atoms with Crippen molar-refractivity contribution in [3.8, 4) is 5.75 Å². The van der Waals surface area contributed by atoms with Crippen molar-refractivity contribution in [3.05, 3.63) is 60.5 Å². The standard InChI is InChI=1S/C19H13B7FN5O2/c20-17(21,18(22,23)34-19(24,25)26)33-13-6-4-11(5-7-13)31-16-29-9-14(27)15(32-16)30-12-3-1-2-10(28)8-12/h1-9H,28H2,(H2,29,30,31,32). The van der Waals surface area contributed by atoms with Crippen LogP contribution in [0.5, 0.6) is 5.75 Å². The van der Waals surface area contributed by atoms with Gasteiger partial charge in [-0.15, -0.1) is 0 Å². The van der Waals surface area contributed by atoms with E-state index in [1.165, 1.54) is 12.1 Å². The summed E-state index contributed by atoms with van der Waals surface area (Å²) >= 11 is 0. The topological polar surface area (TPSA) is 94.3 Å². The summed E-state index contributed by atoms with van der Waals surface area (Å²) in [6.45, 7) is 0. The predicted octanol–water partition coefficient (Wildman–Crippen LogP) is 0.179. The van der Waals surface area contributed by atoms with Crippen LogP contribution < -0.4 is 21.1 Å². The Bertz CT molecular complexity index is 1150. The Morgan fingerprint density at radius 1 is 0.853 bits per heavy atom. The SMILES string of the molecule is [B]C([B])([B])OC([B])([B])C([B])([B])Oc1ccc(Nc2ncc(F)c(Nc3cccc(N)c3)n2)cc1. The summed E-state index contributed by atoms with van der Waals surface area (Å²) in [6.07, 6.45) is 1.02. The number of nitrogens with two attached hydrogens (primary N) is 1. The normalized spacial score (nSPS) is 12.1. The molecular weight excluding hydrogens is 425 g/mol. The van der Waals surface area contributed by atoms with E-state index in [9.17, 15) is 4.39 Å². The fourth-order valence-corrected chi connectivity index (χ4v) is 2.65. The quantitative estimate of drug-likeness (QED) is 0.324. The highest BCUT2D eigenvalue weighted by Crippen LogP contribution is 2.27. The highest BCUT2D eigenvalue weighted by molar-refractivity contribution is 6.59. The summed E-state index contributed by atoms with van der Waals surface area (Å²) < 4.78 is 24.5. The number of aromatic nitrogens is 2. The molecule has 0 aliphatic heterocycles. The van der Waals surface area contributed by atoms with Gasteiger partial charge in [-0.3, -0.25) is 0 Å². The number of rotatable bonds is 9. The minimum atomic E-state index is -2.35. The van der Waals surface area contributed by atoms with E-state index in [0.29, 0.717) is 17.1 Å². The number of nitrogens with zero attached hydrogens (tertiary/aromatic N) is 2. The molecule has 15 heteroatoms. The molecule has 0 bridgehead atoms. The second-order valence-corrected chi connectivity index (χ2v) is 7.43. The Hall–Kier alpha value is -2.94. The van der Waals surface area contributed by atoms with Gasteiger partial charge in [0.15, 0.2) is 11.6 Å². The van der Waals surface area contributed by atoms with Gasteiger partial charge in [-0.2, -0.15) is 4.98 Å². The molecule has 1 aromatic heterocycles. The largest absolute Gasteiger partial charge is 0.506 e. The molecule has 0 unspecified atom stereocenters. The van der Waals surface area contributed by atoms with Crippen molar-refractivity contribution in [1.82, 2.24) is 9.97 Å². The lowest BCUT2D eigenvalue weighted by molar-refractivity contribution is 0.00242. The number of nitrogens with one attached hydrogen (secondary N) is 2. The van der Waals surface area contributed by atoms with Gasteiger partial charge >= 0.3 is 0 Å². The van der Waals surface area contributed by atoms with Crippen LogP contribution in [0.15, 0.2) is 54.7 Å². The number of nitrogen functional groups attached to an aromatic ring is 1. The minimum Gasteiger partial charge on any atom is -0.506 e. The van der Waals surface area contributed by atoms with Gasteiger partial charge in [0.05, 0.1) is 29.7 Å². The van der Waals surface area contributed by atoms with E-state index in [4.69, 9.17) is 70.1 Å². The van der Waals surface area contributed by atoms with Gasteiger partial charge in [-0.1, -0.05) is 6.07 Å². The zero-order valence-electron chi connectivity index (χ0n) is 17.9. The predicted molar refractivity (Wildman–Crippen MR) is 136 cm³/mol. The highest BCUT2D eigenvalue weighted by atomic mass is 19.1. The Balaban J connectivity index is 1.70. The third-order valence-corrected chi connectivity index (χ3v) is 4.25. The smallest absolute Gasteiger partial charge is 0.229 e. The Morgan fingerprint density at radius 2 is 1.53 bits per heavy atom. The van der Waals surface area contributed by atoms with Crippen molar-refractivity contribution in [3.63, 3.8) is 0 Å². The molecule has 0 fully saturated rings. The van der Waals surface area contributed by atoms with Gasteiger partial charge in [-0.05, 0) is 47.8 Å². The number of hydrogen-bond donors (Lipinski definition) is 3. The van der Waals surface area contributed by atoms with E-state index in [2.05, 4.69) is 20.6 Å².